The molecule has 0 radical (unpaired) electrons. The van der Waals surface area contributed by atoms with Crippen molar-refractivity contribution in [2.45, 2.75) is 12.8 Å². The zero-order valence-electron chi connectivity index (χ0n) is 10.7. The van der Waals surface area contributed by atoms with Crippen LogP contribution in [0.2, 0.25) is 0 Å². The van der Waals surface area contributed by atoms with Crippen LogP contribution in [0.1, 0.15) is 12.8 Å². The predicted octanol–water partition coefficient (Wildman–Crippen LogP) is 2.19. The van der Waals surface area contributed by atoms with Gasteiger partial charge in [0.05, 0.1) is 13.0 Å². The van der Waals surface area contributed by atoms with Crippen molar-refractivity contribution >= 4 is 24.0 Å². The van der Waals surface area contributed by atoms with Crippen molar-refractivity contribution in [3.8, 4) is 5.75 Å². The second-order valence-electron chi connectivity index (χ2n) is 4.38. The molecule has 0 aliphatic carbocycles. The number of hydrogen-bond acceptors (Lipinski definition) is 3. The average Bonchev–Trinajstić information content (AvgIpc) is 2.42. The van der Waals surface area contributed by atoms with Crippen molar-refractivity contribution in [2.24, 2.45) is 5.92 Å². The fraction of sp³-hybridized carbons (Fsp3) is 0.462. The molecular weight excluding hydrogens is 271 g/mol. The van der Waals surface area contributed by atoms with Gasteiger partial charge in [-0.1, -0.05) is 0 Å². The number of ether oxygens (including phenoxy) is 1. The van der Waals surface area contributed by atoms with Gasteiger partial charge in [0, 0.05) is 18.3 Å². The second-order valence-corrected chi connectivity index (χ2v) is 4.38. The van der Waals surface area contributed by atoms with E-state index >= 15 is 0 Å². The number of carbonyl (C=O) groups is 1. The molecule has 0 aromatic heterocycles. The standard InChI is InChI=1S/C13H17FN2O2.ClH/c1-18-12-7-10(4-5-11(12)14)16-13(17)9-3-2-6-15-8-9;/h4-5,7,9,15H,2-3,6,8H2,1H3,(H,16,17);1H/t9-;/m1./s1. The molecule has 106 valence electrons. The van der Waals surface area contributed by atoms with Crippen LogP contribution in [0.4, 0.5) is 10.1 Å². The van der Waals surface area contributed by atoms with E-state index in [1.807, 2.05) is 0 Å². The van der Waals surface area contributed by atoms with E-state index in [4.69, 9.17) is 4.74 Å². The zero-order chi connectivity index (χ0) is 13.0. The highest BCUT2D eigenvalue weighted by atomic mass is 35.5. The number of rotatable bonds is 3. The minimum atomic E-state index is -0.435. The Labute approximate surface area is 118 Å². The summed E-state index contributed by atoms with van der Waals surface area (Å²) in [5, 5.41) is 5.98. The smallest absolute Gasteiger partial charge is 0.228 e. The largest absolute Gasteiger partial charge is 0.494 e. The van der Waals surface area contributed by atoms with Crippen molar-refractivity contribution in [2.75, 3.05) is 25.5 Å². The van der Waals surface area contributed by atoms with Crippen LogP contribution < -0.4 is 15.4 Å². The Balaban J connectivity index is 0.00000180. The van der Waals surface area contributed by atoms with Gasteiger partial charge in [-0.2, -0.15) is 0 Å². The Morgan fingerprint density at radius 1 is 1.53 bits per heavy atom. The predicted molar refractivity (Wildman–Crippen MR) is 74.4 cm³/mol. The molecule has 1 amide bonds. The van der Waals surface area contributed by atoms with E-state index in [1.165, 1.54) is 25.3 Å². The highest BCUT2D eigenvalue weighted by molar-refractivity contribution is 5.92. The molecule has 0 bridgehead atoms. The highest BCUT2D eigenvalue weighted by Gasteiger charge is 2.21. The first-order valence-electron chi connectivity index (χ1n) is 6.06. The molecule has 1 saturated heterocycles. The molecule has 1 aromatic rings. The van der Waals surface area contributed by atoms with Gasteiger partial charge in [0.1, 0.15) is 0 Å². The van der Waals surface area contributed by atoms with E-state index in [9.17, 15) is 9.18 Å². The minimum Gasteiger partial charge on any atom is -0.494 e. The summed E-state index contributed by atoms with van der Waals surface area (Å²) in [6, 6.07) is 4.31. The Hall–Kier alpha value is -1.33. The number of anilines is 1. The van der Waals surface area contributed by atoms with E-state index in [0.717, 1.165) is 19.4 Å². The summed E-state index contributed by atoms with van der Waals surface area (Å²) in [6.07, 6.45) is 1.89. The maximum atomic E-state index is 13.2. The molecule has 1 fully saturated rings. The normalized spacial score (nSPS) is 18.3. The van der Waals surface area contributed by atoms with Gasteiger partial charge in [-0.05, 0) is 31.5 Å². The van der Waals surface area contributed by atoms with Crippen LogP contribution in [0.3, 0.4) is 0 Å². The first kappa shape index (κ1) is 15.7. The second kappa shape index (κ2) is 7.31. The molecule has 4 nitrogen and oxygen atoms in total. The molecule has 1 aliphatic heterocycles. The SMILES string of the molecule is COc1cc(NC(=O)[C@@H]2CCCNC2)ccc1F.Cl. The van der Waals surface area contributed by atoms with Crippen LogP contribution in [-0.4, -0.2) is 26.1 Å². The lowest BCUT2D eigenvalue weighted by Crippen LogP contribution is -2.37. The molecule has 1 heterocycles. The molecular formula is C13H18ClFN2O2. The summed E-state index contributed by atoms with van der Waals surface area (Å²) in [6.45, 7) is 1.66. The summed E-state index contributed by atoms with van der Waals surface area (Å²) in [5.74, 6) is -0.352. The van der Waals surface area contributed by atoms with Crippen molar-refractivity contribution in [3.63, 3.8) is 0 Å². The number of methoxy groups -OCH3 is 1. The summed E-state index contributed by atoms with van der Waals surface area (Å²) < 4.78 is 18.1. The third-order valence-electron chi connectivity index (χ3n) is 3.09. The topological polar surface area (TPSA) is 50.4 Å². The Morgan fingerprint density at radius 2 is 2.32 bits per heavy atom. The van der Waals surface area contributed by atoms with Gasteiger partial charge < -0.3 is 15.4 Å². The molecule has 19 heavy (non-hydrogen) atoms. The molecule has 1 atom stereocenters. The Bertz CT molecular complexity index is 437. The number of piperidine rings is 1. The van der Waals surface area contributed by atoms with E-state index < -0.39 is 5.82 Å². The summed E-state index contributed by atoms with van der Waals surface area (Å²) in [4.78, 5) is 12.0. The Morgan fingerprint density at radius 3 is 2.95 bits per heavy atom. The molecule has 0 saturated carbocycles. The van der Waals surface area contributed by atoms with Crippen LogP contribution in [-0.2, 0) is 4.79 Å². The van der Waals surface area contributed by atoms with Gasteiger partial charge in [-0.25, -0.2) is 4.39 Å². The van der Waals surface area contributed by atoms with Crippen LogP contribution in [0.15, 0.2) is 18.2 Å². The lowest BCUT2D eigenvalue weighted by atomic mass is 9.99. The minimum absolute atomic E-state index is 0. The van der Waals surface area contributed by atoms with Crippen LogP contribution in [0.5, 0.6) is 5.75 Å². The molecule has 2 rings (SSSR count). The molecule has 0 unspecified atom stereocenters. The maximum absolute atomic E-state index is 13.2. The van der Waals surface area contributed by atoms with Gasteiger partial charge >= 0.3 is 0 Å². The number of hydrogen-bond donors (Lipinski definition) is 2. The molecule has 0 spiro atoms. The van der Waals surface area contributed by atoms with Crippen LogP contribution >= 0.6 is 12.4 Å². The van der Waals surface area contributed by atoms with Crippen LogP contribution in [0.25, 0.3) is 0 Å². The molecule has 1 aromatic carbocycles. The van der Waals surface area contributed by atoms with Gasteiger partial charge in [-0.3, -0.25) is 4.79 Å². The number of carbonyl (C=O) groups excluding carboxylic acids is 1. The number of nitrogens with one attached hydrogen (secondary N) is 2. The maximum Gasteiger partial charge on any atom is 0.228 e. The quantitative estimate of drug-likeness (QED) is 0.896. The van der Waals surface area contributed by atoms with E-state index in [2.05, 4.69) is 10.6 Å². The van der Waals surface area contributed by atoms with Gasteiger partial charge in [-0.15, -0.1) is 12.4 Å². The van der Waals surface area contributed by atoms with Crippen LogP contribution in [0, 0.1) is 11.7 Å². The van der Waals surface area contributed by atoms with Gasteiger partial charge in [0.15, 0.2) is 11.6 Å². The summed E-state index contributed by atoms with van der Waals surface area (Å²) in [7, 11) is 1.40. The zero-order valence-corrected chi connectivity index (χ0v) is 11.6. The number of halogens is 2. The van der Waals surface area contributed by atoms with Crippen molar-refractivity contribution in [1.82, 2.24) is 5.32 Å². The molecule has 2 N–H and O–H groups in total. The third-order valence-corrected chi connectivity index (χ3v) is 3.09. The van der Waals surface area contributed by atoms with Crippen molar-refractivity contribution < 1.29 is 13.9 Å². The monoisotopic (exact) mass is 288 g/mol. The van der Waals surface area contributed by atoms with Gasteiger partial charge in [0.25, 0.3) is 0 Å². The molecule has 1 aliphatic rings. The number of benzene rings is 1. The van der Waals surface area contributed by atoms with Crippen molar-refractivity contribution in [1.29, 1.82) is 0 Å². The van der Waals surface area contributed by atoms with Crippen molar-refractivity contribution in [3.05, 3.63) is 24.0 Å². The fourth-order valence-electron chi connectivity index (χ4n) is 2.06. The van der Waals surface area contributed by atoms with E-state index in [1.54, 1.807) is 0 Å². The Kier molecular flexibility index (Phi) is 6.05. The summed E-state index contributed by atoms with van der Waals surface area (Å²) >= 11 is 0. The summed E-state index contributed by atoms with van der Waals surface area (Å²) in [5.41, 5.74) is 0.559. The first-order valence-corrected chi connectivity index (χ1v) is 6.06. The first-order chi connectivity index (χ1) is 8.70. The highest BCUT2D eigenvalue weighted by Crippen LogP contribution is 2.22. The molecule has 6 heteroatoms. The van der Waals surface area contributed by atoms with E-state index in [-0.39, 0.29) is 30.0 Å². The number of amides is 1. The van der Waals surface area contributed by atoms with E-state index in [0.29, 0.717) is 12.2 Å². The fourth-order valence-corrected chi connectivity index (χ4v) is 2.06. The van der Waals surface area contributed by atoms with Gasteiger partial charge in [0.2, 0.25) is 5.91 Å². The third kappa shape index (κ3) is 4.08. The lowest BCUT2D eigenvalue weighted by Gasteiger charge is -2.22. The average molecular weight is 289 g/mol. The lowest BCUT2D eigenvalue weighted by molar-refractivity contribution is -0.120.